The summed E-state index contributed by atoms with van der Waals surface area (Å²) < 4.78 is 25.0. The number of H-pyrrole nitrogens is 1. The van der Waals surface area contributed by atoms with Gasteiger partial charge in [0.1, 0.15) is 5.56 Å². The van der Waals surface area contributed by atoms with E-state index in [1.54, 1.807) is 53.9 Å². The first kappa shape index (κ1) is 19.8. The average molecular weight is 441 g/mol. The second-order valence-electron chi connectivity index (χ2n) is 6.52. The van der Waals surface area contributed by atoms with Crippen molar-refractivity contribution in [1.82, 2.24) is 9.97 Å². The number of fused-ring (bicyclic) bond motifs is 1. The molecular weight excluding hydrogens is 424 g/mol. The van der Waals surface area contributed by atoms with Crippen molar-refractivity contribution in [1.29, 1.82) is 0 Å². The molecule has 0 saturated heterocycles. The number of sulfonamides is 1. The highest BCUT2D eigenvalue weighted by atomic mass is 32.2. The van der Waals surface area contributed by atoms with Gasteiger partial charge in [-0.05, 0) is 24.3 Å². The fraction of sp³-hybridized carbons (Fsp3) is 0.0500. The van der Waals surface area contributed by atoms with Crippen LogP contribution in [0.5, 0.6) is 0 Å². The number of carbonyl (C=O) groups excluding carboxylic acids is 1. The van der Waals surface area contributed by atoms with Gasteiger partial charge in [-0.25, -0.2) is 13.4 Å². The molecular formula is C20H16N4O4S2. The third-order valence-corrected chi connectivity index (χ3v) is 5.61. The molecule has 0 bridgehead atoms. The lowest BCUT2D eigenvalue weighted by Gasteiger charge is -2.04. The van der Waals surface area contributed by atoms with Crippen molar-refractivity contribution in [2.24, 2.45) is 0 Å². The molecule has 2 aromatic heterocycles. The zero-order valence-corrected chi connectivity index (χ0v) is 17.3. The summed E-state index contributed by atoms with van der Waals surface area (Å²) in [5.41, 5.74) is 2.13. The Morgan fingerprint density at radius 1 is 1.10 bits per heavy atom. The standard InChI is InChI=1S/C20H16N4O4S2/c1-30(27,28)24-13-8-6-12(7-9-13)17-11-29-20(22-17)23-19(26)15-10-21-16-5-3-2-4-14(16)18(15)25/h2-11,24H,1H3,(H,21,25)(H,22,23,26). The molecule has 0 unspecified atom stereocenters. The van der Waals surface area contributed by atoms with Crippen LogP contribution < -0.4 is 15.5 Å². The van der Waals surface area contributed by atoms with E-state index in [0.717, 1.165) is 11.8 Å². The maximum atomic E-state index is 12.6. The van der Waals surface area contributed by atoms with Crippen molar-refractivity contribution in [3.8, 4) is 11.3 Å². The Balaban J connectivity index is 1.53. The largest absolute Gasteiger partial charge is 0.360 e. The molecule has 3 N–H and O–H groups in total. The molecule has 152 valence electrons. The summed E-state index contributed by atoms with van der Waals surface area (Å²) in [7, 11) is -3.35. The number of aromatic amines is 1. The predicted molar refractivity (Wildman–Crippen MR) is 119 cm³/mol. The van der Waals surface area contributed by atoms with Crippen molar-refractivity contribution in [3.63, 3.8) is 0 Å². The normalized spacial score (nSPS) is 11.4. The zero-order valence-electron chi connectivity index (χ0n) is 15.7. The van der Waals surface area contributed by atoms with Crippen molar-refractivity contribution in [3.05, 3.63) is 75.9 Å². The number of amides is 1. The van der Waals surface area contributed by atoms with Gasteiger partial charge in [0.25, 0.3) is 5.91 Å². The monoisotopic (exact) mass is 440 g/mol. The molecule has 8 nitrogen and oxygen atoms in total. The van der Waals surface area contributed by atoms with Crippen LogP contribution in [0.1, 0.15) is 10.4 Å². The molecule has 10 heteroatoms. The highest BCUT2D eigenvalue weighted by Gasteiger charge is 2.15. The number of nitrogens with zero attached hydrogens (tertiary/aromatic N) is 1. The lowest BCUT2D eigenvalue weighted by molar-refractivity contribution is 0.102. The third-order valence-electron chi connectivity index (χ3n) is 4.24. The number of nitrogens with one attached hydrogen (secondary N) is 3. The highest BCUT2D eigenvalue weighted by molar-refractivity contribution is 7.92. The fourth-order valence-corrected chi connectivity index (χ4v) is 4.17. The van der Waals surface area contributed by atoms with Crippen molar-refractivity contribution < 1.29 is 13.2 Å². The average Bonchev–Trinajstić information content (AvgIpc) is 3.16. The Morgan fingerprint density at radius 2 is 1.83 bits per heavy atom. The Bertz CT molecular complexity index is 1410. The molecule has 0 fully saturated rings. The van der Waals surface area contributed by atoms with Crippen LogP contribution in [0.25, 0.3) is 22.2 Å². The van der Waals surface area contributed by atoms with Gasteiger partial charge in [-0.2, -0.15) is 0 Å². The zero-order chi connectivity index (χ0) is 21.3. The predicted octanol–water partition coefficient (Wildman–Crippen LogP) is 3.28. The van der Waals surface area contributed by atoms with E-state index in [4.69, 9.17) is 0 Å². The maximum Gasteiger partial charge on any atom is 0.262 e. The van der Waals surface area contributed by atoms with Gasteiger partial charge in [-0.3, -0.25) is 19.6 Å². The number of thiazole rings is 1. The first-order valence-corrected chi connectivity index (χ1v) is 11.5. The molecule has 1 amide bonds. The van der Waals surface area contributed by atoms with E-state index in [9.17, 15) is 18.0 Å². The van der Waals surface area contributed by atoms with Gasteiger partial charge < -0.3 is 4.98 Å². The van der Waals surface area contributed by atoms with E-state index in [1.165, 1.54) is 17.5 Å². The summed E-state index contributed by atoms with van der Waals surface area (Å²) >= 11 is 1.22. The summed E-state index contributed by atoms with van der Waals surface area (Å²) in [6, 6.07) is 13.7. The second-order valence-corrected chi connectivity index (χ2v) is 9.13. The molecule has 2 aromatic carbocycles. The Labute approximate surface area is 175 Å². The van der Waals surface area contributed by atoms with Crippen LogP contribution in [0.4, 0.5) is 10.8 Å². The molecule has 4 aromatic rings. The number of para-hydroxylation sites is 1. The van der Waals surface area contributed by atoms with Crippen LogP contribution in [-0.4, -0.2) is 30.5 Å². The maximum absolute atomic E-state index is 12.6. The van der Waals surface area contributed by atoms with Gasteiger partial charge in [0.15, 0.2) is 5.13 Å². The summed E-state index contributed by atoms with van der Waals surface area (Å²) in [5, 5.41) is 5.20. The van der Waals surface area contributed by atoms with Crippen molar-refractivity contribution in [2.45, 2.75) is 0 Å². The lowest BCUT2D eigenvalue weighted by Crippen LogP contribution is -2.21. The molecule has 0 spiro atoms. The number of benzene rings is 2. The molecule has 2 heterocycles. The molecule has 30 heavy (non-hydrogen) atoms. The second kappa shape index (κ2) is 7.73. The first-order chi connectivity index (χ1) is 14.3. The minimum Gasteiger partial charge on any atom is -0.360 e. The third kappa shape index (κ3) is 4.24. The molecule has 0 aliphatic heterocycles. The smallest absolute Gasteiger partial charge is 0.262 e. The van der Waals surface area contributed by atoms with Gasteiger partial charge in [-0.1, -0.05) is 24.3 Å². The number of rotatable bonds is 5. The van der Waals surface area contributed by atoms with Gasteiger partial charge in [0.2, 0.25) is 15.5 Å². The molecule has 0 radical (unpaired) electrons. The number of carbonyl (C=O) groups is 1. The SMILES string of the molecule is CS(=O)(=O)Nc1ccc(-c2csc(NC(=O)c3c[nH]c4ccccc4c3=O)n2)cc1. The summed E-state index contributed by atoms with van der Waals surface area (Å²) in [6.45, 7) is 0. The van der Waals surface area contributed by atoms with Crippen LogP contribution in [0.15, 0.2) is 64.9 Å². The van der Waals surface area contributed by atoms with Crippen molar-refractivity contribution in [2.75, 3.05) is 16.3 Å². The minimum absolute atomic E-state index is 0.00153. The molecule has 0 atom stereocenters. The van der Waals surface area contributed by atoms with Gasteiger partial charge in [0.05, 0.1) is 11.9 Å². The highest BCUT2D eigenvalue weighted by Crippen LogP contribution is 2.26. The van der Waals surface area contributed by atoms with E-state index >= 15 is 0 Å². The molecule has 0 saturated carbocycles. The van der Waals surface area contributed by atoms with Crippen LogP contribution in [-0.2, 0) is 10.0 Å². The minimum atomic E-state index is -3.35. The number of hydrogen-bond acceptors (Lipinski definition) is 6. The van der Waals surface area contributed by atoms with Crippen LogP contribution in [0, 0.1) is 0 Å². The topological polar surface area (TPSA) is 121 Å². The van der Waals surface area contributed by atoms with Gasteiger partial charge >= 0.3 is 0 Å². The summed E-state index contributed by atoms with van der Waals surface area (Å²) in [4.78, 5) is 32.5. The van der Waals surface area contributed by atoms with E-state index in [0.29, 0.717) is 27.4 Å². The Morgan fingerprint density at radius 3 is 2.57 bits per heavy atom. The Kier molecular flexibility index (Phi) is 5.10. The van der Waals surface area contributed by atoms with E-state index in [2.05, 4.69) is 20.0 Å². The quantitative estimate of drug-likeness (QED) is 0.440. The number of pyridine rings is 1. The summed E-state index contributed by atoms with van der Waals surface area (Å²) in [5.74, 6) is -0.546. The molecule has 0 aliphatic rings. The van der Waals surface area contributed by atoms with E-state index in [-0.39, 0.29) is 11.0 Å². The number of anilines is 2. The van der Waals surface area contributed by atoms with Crippen LogP contribution in [0.3, 0.4) is 0 Å². The van der Waals surface area contributed by atoms with Crippen LogP contribution in [0.2, 0.25) is 0 Å². The number of hydrogen-bond donors (Lipinski definition) is 3. The van der Waals surface area contributed by atoms with Crippen LogP contribution >= 0.6 is 11.3 Å². The molecule has 4 rings (SSSR count). The fourth-order valence-electron chi connectivity index (χ4n) is 2.89. The van der Waals surface area contributed by atoms with Gasteiger partial charge in [0, 0.05) is 33.7 Å². The van der Waals surface area contributed by atoms with Crippen molar-refractivity contribution >= 4 is 49.0 Å². The lowest BCUT2D eigenvalue weighted by atomic mass is 10.1. The van der Waals surface area contributed by atoms with E-state index < -0.39 is 15.9 Å². The molecule has 0 aliphatic carbocycles. The number of aromatic nitrogens is 2. The van der Waals surface area contributed by atoms with Gasteiger partial charge in [-0.15, -0.1) is 11.3 Å². The summed E-state index contributed by atoms with van der Waals surface area (Å²) in [6.07, 6.45) is 2.47. The van der Waals surface area contributed by atoms with E-state index in [1.807, 2.05) is 0 Å². The first-order valence-electron chi connectivity index (χ1n) is 8.76. The Hall–Kier alpha value is -3.50.